The normalized spacial score (nSPS) is 12.1. The van der Waals surface area contributed by atoms with Gasteiger partial charge in [0.2, 0.25) is 0 Å². The summed E-state index contributed by atoms with van der Waals surface area (Å²) in [7, 11) is 0. The van der Waals surface area contributed by atoms with E-state index in [4.69, 9.17) is 5.26 Å². The topological polar surface area (TPSA) is 36.1 Å². The van der Waals surface area contributed by atoms with Crippen LogP contribution in [0.4, 0.5) is 0 Å². The summed E-state index contributed by atoms with van der Waals surface area (Å²) in [6.07, 6.45) is 3.43. The molecule has 0 aromatic carbocycles. The van der Waals surface area contributed by atoms with Crippen molar-refractivity contribution in [2.24, 2.45) is 10.9 Å². The van der Waals surface area contributed by atoms with Crippen molar-refractivity contribution in [1.29, 1.82) is 5.26 Å². The van der Waals surface area contributed by atoms with Gasteiger partial charge >= 0.3 is 0 Å². The van der Waals surface area contributed by atoms with Gasteiger partial charge in [-0.3, -0.25) is 4.99 Å². The number of nitrogens with zero attached hydrogens (tertiary/aromatic N) is 2. The molecule has 0 spiro atoms. The molecular weight excluding hydrogens is 148 g/mol. The van der Waals surface area contributed by atoms with Crippen LogP contribution in [-0.2, 0) is 0 Å². The van der Waals surface area contributed by atoms with Gasteiger partial charge in [-0.05, 0) is 18.9 Å². The molecule has 0 N–H and O–H groups in total. The molecule has 0 aliphatic heterocycles. The van der Waals surface area contributed by atoms with Gasteiger partial charge in [0.1, 0.15) is 0 Å². The zero-order valence-electron chi connectivity index (χ0n) is 7.83. The van der Waals surface area contributed by atoms with Crippen molar-refractivity contribution >= 4 is 6.21 Å². The van der Waals surface area contributed by atoms with E-state index in [2.05, 4.69) is 11.6 Å². The van der Waals surface area contributed by atoms with Crippen LogP contribution in [0.15, 0.2) is 28.9 Å². The van der Waals surface area contributed by atoms with E-state index < -0.39 is 0 Å². The highest BCUT2D eigenvalue weighted by Crippen LogP contribution is 2.12. The van der Waals surface area contributed by atoms with E-state index in [1.807, 2.05) is 26.8 Å². The number of hydrogen-bond donors (Lipinski definition) is 0. The molecular formula is C10H14N2. The average Bonchev–Trinajstić information content (AvgIpc) is 2.03. The quantitative estimate of drug-likeness (QED) is 0.357. The molecule has 0 saturated carbocycles. The summed E-state index contributed by atoms with van der Waals surface area (Å²) < 4.78 is 0. The van der Waals surface area contributed by atoms with Crippen LogP contribution in [0.3, 0.4) is 0 Å². The van der Waals surface area contributed by atoms with Gasteiger partial charge in [-0.1, -0.05) is 20.4 Å². The third-order valence-corrected chi connectivity index (χ3v) is 1.34. The van der Waals surface area contributed by atoms with Crippen LogP contribution in [-0.4, -0.2) is 6.21 Å². The fourth-order valence-corrected chi connectivity index (χ4v) is 0.713. The van der Waals surface area contributed by atoms with Crippen molar-refractivity contribution in [3.63, 3.8) is 0 Å². The van der Waals surface area contributed by atoms with Crippen LogP contribution >= 0.6 is 0 Å². The Morgan fingerprint density at radius 1 is 1.58 bits per heavy atom. The Kier molecular flexibility index (Phi) is 4.71. The molecule has 0 heterocycles. The fourth-order valence-electron chi connectivity index (χ4n) is 0.713. The molecule has 0 aliphatic rings. The molecule has 0 radical (unpaired) electrons. The number of nitriles is 1. The van der Waals surface area contributed by atoms with E-state index in [1.165, 1.54) is 0 Å². The van der Waals surface area contributed by atoms with Crippen molar-refractivity contribution in [3.8, 4) is 6.07 Å². The predicted octanol–water partition coefficient (Wildman–Crippen LogP) is 2.70. The third kappa shape index (κ3) is 3.72. The molecule has 0 aromatic heterocycles. The van der Waals surface area contributed by atoms with Crippen molar-refractivity contribution in [1.82, 2.24) is 0 Å². The molecule has 0 rings (SSSR count). The first-order valence-corrected chi connectivity index (χ1v) is 3.91. The Balaban J connectivity index is 4.63. The van der Waals surface area contributed by atoms with Gasteiger partial charge in [-0.25, -0.2) is 0 Å². The van der Waals surface area contributed by atoms with Gasteiger partial charge in [0, 0.05) is 17.5 Å². The Morgan fingerprint density at radius 2 is 2.17 bits per heavy atom. The average molecular weight is 162 g/mol. The smallest absolute Gasteiger partial charge is 0.0986 e. The van der Waals surface area contributed by atoms with Crippen LogP contribution in [0, 0.1) is 17.2 Å². The summed E-state index contributed by atoms with van der Waals surface area (Å²) in [5.74, 6) is 0.325. The zero-order chi connectivity index (χ0) is 9.56. The number of hydrogen-bond acceptors (Lipinski definition) is 2. The fraction of sp³-hybridized carbons (Fsp3) is 0.400. The molecule has 0 atom stereocenters. The zero-order valence-corrected chi connectivity index (χ0v) is 7.83. The second kappa shape index (κ2) is 5.31. The van der Waals surface area contributed by atoms with Crippen LogP contribution in [0.25, 0.3) is 0 Å². The summed E-state index contributed by atoms with van der Waals surface area (Å²) in [5.41, 5.74) is 1.34. The molecule has 0 bridgehead atoms. The first kappa shape index (κ1) is 10.6. The summed E-state index contributed by atoms with van der Waals surface area (Å²) in [6, 6.07) is 1.96. The number of allylic oxidation sites excluding steroid dienone is 3. The first-order chi connectivity index (χ1) is 5.61. The van der Waals surface area contributed by atoms with Crippen LogP contribution < -0.4 is 0 Å². The van der Waals surface area contributed by atoms with E-state index in [1.54, 1.807) is 12.3 Å². The van der Waals surface area contributed by atoms with E-state index >= 15 is 0 Å². The van der Waals surface area contributed by atoms with E-state index in [0.717, 1.165) is 5.70 Å². The first-order valence-electron chi connectivity index (χ1n) is 3.91. The lowest BCUT2D eigenvalue weighted by Gasteiger charge is -2.03. The minimum absolute atomic E-state index is 0.325. The van der Waals surface area contributed by atoms with Gasteiger partial charge < -0.3 is 0 Å². The Bertz CT molecular complexity index is 252. The van der Waals surface area contributed by atoms with Crippen molar-refractivity contribution in [2.45, 2.75) is 20.8 Å². The standard InChI is InChI=1S/C10H14N2/c1-5-12-10(8(2)3)6-9(4)7-11/h5-6,8H,4H2,1-3H3/b10-6-,12-5-. The highest BCUT2D eigenvalue weighted by Gasteiger charge is 2.00. The SMILES string of the molecule is C=C(C#N)/C=C(\N=C/C)C(C)C. The number of aliphatic imine (C=N–C) groups is 1. The molecule has 12 heavy (non-hydrogen) atoms. The molecule has 0 unspecified atom stereocenters. The highest BCUT2D eigenvalue weighted by molar-refractivity contribution is 5.56. The van der Waals surface area contributed by atoms with Crippen LogP contribution in [0.2, 0.25) is 0 Å². The van der Waals surface area contributed by atoms with Crippen molar-refractivity contribution in [3.05, 3.63) is 23.9 Å². The summed E-state index contributed by atoms with van der Waals surface area (Å²) in [6.45, 7) is 9.48. The molecule has 0 aliphatic carbocycles. The van der Waals surface area contributed by atoms with E-state index in [-0.39, 0.29) is 0 Å². The second-order valence-electron chi connectivity index (χ2n) is 2.75. The Morgan fingerprint density at radius 3 is 2.50 bits per heavy atom. The van der Waals surface area contributed by atoms with Crippen LogP contribution in [0.1, 0.15) is 20.8 Å². The molecule has 0 saturated heterocycles. The summed E-state index contributed by atoms with van der Waals surface area (Å²) in [4.78, 5) is 4.14. The Hall–Kier alpha value is -1.36. The second-order valence-corrected chi connectivity index (χ2v) is 2.75. The van der Waals surface area contributed by atoms with Gasteiger partial charge in [0.05, 0.1) is 6.07 Å². The molecule has 64 valence electrons. The highest BCUT2D eigenvalue weighted by atomic mass is 14.7. The molecule has 0 amide bonds. The maximum absolute atomic E-state index is 8.49. The minimum Gasteiger partial charge on any atom is -0.266 e. The lowest BCUT2D eigenvalue weighted by molar-refractivity contribution is 0.758. The monoisotopic (exact) mass is 162 g/mol. The Labute approximate surface area is 73.9 Å². The molecule has 2 nitrogen and oxygen atoms in total. The summed E-state index contributed by atoms with van der Waals surface area (Å²) >= 11 is 0. The van der Waals surface area contributed by atoms with Crippen molar-refractivity contribution in [2.75, 3.05) is 0 Å². The lowest BCUT2D eigenvalue weighted by atomic mass is 10.1. The minimum atomic E-state index is 0.325. The van der Waals surface area contributed by atoms with E-state index in [0.29, 0.717) is 11.5 Å². The van der Waals surface area contributed by atoms with Crippen molar-refractivity contribution < 1.29 is 0 Å². The molecule has 2 heteroatoms. The largest absolute Gasteiger partial charge is 0.266 e. The molecule has 0 fully saturated rings. The van der Waals surface area contributed by atoms with Gasteiger partial charge in [-0.2, -0.15) is 5.26 Å². The molecule has 0 aromatic rings. The van der Waals surface area contributed by atoms with Gasteiger partial charge in [0.25, 0.3) is 0 Å². The van der Waals surface area contributed by atoms with E-state index in [9.17, 15) is 0 Å². The summed E-state index contributed by atoms with van der Waals surface area (Å²) in [5, 5.41) is 8.49. The maximum atomic E-state index is 8.49. The van der Waals surface area contributed by atoms with Gasteiger partial charge in [-0.15, -0.1) is 0 Å². The van der Waals surface area contributed by atoms with Gasteiger partial charge in [0.15, 0.2) is 0 Å². The predicted molar refractivity (Wildman–Crippen MR) is 51.8 cm³/mol. The number of rotatable bonds is 3. The third-order valence-electron chi connectivity index (χ3n) is 1.34. The lowest BCUT2D eigenvalue weighted by Crippen LogP contribution is -1.91. The van der Waals surface area contributed by atoms with Crippen LogP contribution in [0.5, 0.6) is 0 Å². The maximum Gasteiger partial charge on any atom is 0.0986 e.